The van der Waals surface area contributed by atoms with Crippen LogP contribution >= 0.6 is 0 Å². The number of allylic oxidation sites excluding steroid dienone is 2. The Labute approximate surface area is 76.8 Å². The molecule has 1 nitrogen and oxygen atoms in total. The molecule has 0 aliphatic rings. The molecule has 0 fully saturated rings. The predicted molar refractivity (Wildman–Crippen MR) is 54.4 cm³/mol. The summed E-state index contributed by atoms with van der Waals surface area (Å²) in [4.78, 5) is 0. The first-order chi connectivity index (χ1) is 5.74. The van der Waals surface area contributed by atoms with Gasteiger partial charge in [0.25, 0.3) is 0 Å². The van der Waals surface area contributed by atoms with Crippen molar-refractivity contribution in [2.75, 3.05) is 7.11 Å². The molecular weight excluding hydrogens is 148 g/mol. The Balaban J connectivity index is 3.92. The number of hydrogen-bond donors (Lipinski definition) is 0. The van der Waals surface area contributed by atoms with Crippen LogP contribution in [0, 0.1) is 0 Å². The Hall–Kier alpha value is -0.300. The zero-order valence-electron chi connectivity index (χ0n) is 8.89. The Morgan fingerprint density at radius 1 is 1.25 bits per heavy atom. The Bertz CT molecular complexity index is 115. The van der Waals surface area contributed by atoms with Crippen LogP contribution in [0.25, 0.3) is 0 Å². The average molecular weight is 170 g/mol. The maximum absolute atomic E-state index is 5.55. The number of rotatable bonds is 6. The molecule has 0 aromatic carbocycles. The summed E-state index contributed by atoms with van der Waals surface area (Å²) in [7, 11) is 1.82. The van der Waals surface area contributed by atoms with Crippen molar-refractivity contribution in [1.82, 2.24) is 0 Å². The minimum atomic E-state index is 0.125. The topological polar surface area (TPSA) is 9.23 Å². The van der Waals surface area contributed by atoms with Crippen LogP contribution in [0.4, 0.5) is 0 Å². The van der Waals surface area contributed by atoms with Crippen molar-refractivity contribution >= 4 is 0 Å². The van der Waals surface area contributed by atoms with Gasteiger partial charge in [0.2, 0.25) is 0 Å². The summed E-state index contributed by atoms with van der Waals surface area (Å²) in [6, 6.07) is 0. The molecule has 0 rings (SSSR count). The predicted octanol–water partition coefficient (Wildman–Crippen LogP) is 3.55. The van der Waals surface area contributed by atoms with E-state index in [0.717, 1.165) is 25.7 Å². The Morgan fingerprint density at radius 2 is 1.83 bits per heavy atom. The first kappa shape index (κ1) is 11.7. The molecule has 0 aliphatic carbocycles. The normalized spacial score (nSPS) is 12.7. The molecule has 0 aromatic heterocycles. The molecule has 1 heteroatoms. The van der Waals surface area contributed by atoms with E-state index in [1.165, 1.54) is 0 Å². The van der Waals surface area contributed by atoms with E-state index in [9.17, 15) is 0 Å². The Kier molecular flexibility index (Phi) is 6.09. The molecule has 0 bridgehead atoms. The summed E-state index contributed by atoms with van der Waals surface area (Å²) in [5.74, 6) is 0. The molecule has 0 atom stereocenters. The van der Waals surface area contributed by atoms with Gasteiger partial charge in [0, 0.05) is 7.11 Å². The minimum Gasteiger partial charge on any atom is -0.378 e. The van der Waals surface area contributed by atoms with E-state index in [-0.39, 0.29) is 5.60 Å². The standard InChI is InChI=1S/C11H22O/c1-5-8-9-10-11(6-2,7-3)12-4/h5,8H,6-7,9-10H2,1-4H3/b8-5+. The van der Waals surface area contributed by atoms with Gasteiger partial charge < -0.3 is 4.74 Å². The van der Waals surface area contributed by atoms with Crippen LogP contribution in [-0.4, -0.2) is 12.7 Å². The SMILES string of the molecule is C/C=C/CCC(CC)(CC)OC. The Morgan fingerprint density at radius 3 is 2.17 bits per heavy atom. The summed E-state index contributed by atoms with van der Waals surface area (Å²) < 4.78 is 5.55. The molecule has 0 N–H and O–H groups in total. The van der Waals surface area contributed by atoms with Crippen LogP contribution in [0.3, 0.4) is 0 Å². The summed E-state index contributed by atoms with van der Waals surface area (Å²) in [6.45, 7) is 6.46. The van der Waals surface area contributed by atoms with Gasteiger partial charge in [-0.3, -0.25) is 0 Å². The second kappa shape index (κ2) is 6.24. The molecule has 0 spiro atoms. The third-order valence-electron chi connectivity index (χ3n) is 2.72. The fourth-order valence-electron chi connectivity index (χ4n) is 1.51. The molecule has 0 aromatic rings. The van der Waals surface area contributed by atoms with Crippen molar-refractivity contribution in [2.45, 2.75) is 52.1 Å². The van der Waals surface area contributed by atoms with E-state index in [1.54, 1.807) is 0 Å². The van der Waals surface area contributed by atoms with E-state index in [2.05, 4.69) is 32.9 Å². The van der Waals surface area contributed by atoms with Crippen LogP contribution in [0.5, 0.6) is 0 Å². The molecular formula is C11H22O. The third-order valence-corrected chi connectivity index (χ3v) is 2.72. The first-order valence-corrected chi connectivity index (χ1v) is 4.91. The van der Waals surface area contributed by atoms with Crippen LogP contribution in [0.1, 0.15) is 46.5 Å². The monoisotopic (exact) mass is 170 g/mol. The molecule has 12 heavy (non-hydrogen) atoms. The molecule has 0 aliphatic heterocycles. The number of hydrogen-bond acceptors (Lipinski definition) is 1. The number of ether oxygens (including phenoxy) is 1. The quantitative estimate of drug-likeness (QED) is 0.554. The smallest absolute Gasteiger partial charge is 0.0676 e. The van der Waals surface area contributed by atoms with Crippen LogP contribution in [0.2, 0.25) is 0 Å². The maximum atomic E-state index is 5.55. The van der Waals surface area contributed by atoms with Gasteiger partial charge in [-0.05, 0) is 32.6 Å². The second-order valence-corrected chi connectivity index (χ2v) is 3.20. The highest BCUT2D eigenvalue weighted by Crippen LogP contribution is 2.25. The van der Waals surface area contributed by atoms with Crippen molar-refractivity contribution in [3.63, 3.8) is 0 Å². The second-order valence-electron chi connectivity index (χ2n) is 3.20. The van der Waals surface area contributed by atoms with Crippen molar-refractivity contribution in [3.8, 4) is 0 Å². The van der Waals surface area contributed by atoms with E-state index in [0.29, 0.717) is 0 Å². The summed E-state index contributed by atoms with van der Waals surface area (Å²) in [6.07, 6.45) is 8.80. The molecule has 0 amide bonds. The molecule has 0 saturated heterocycles. The van der Waals surface area contributed by atoms with Gasteiger partial charge in [0.05, 0.1) is 5.60 Å². The highest BCUT2D eigenvalue weighted by Gasteiger charge is 2.23. The van der Waals surface area contributed by atoms with Gasteiger partial charge >= 0.3 is 0 Å². The van der Waals surface area contributed by atoms with Crippen molar-refractivity contribution in [3.05, 3.63) is 12.2 Å². The number of methoxy groups -OCH3 is 1. The lowest BCUT2D eigenvalue weighted by molar-refractivity contribution is -0.0229. The van der Waals surface area contributed by atoms with Gasteiger partial charge in [-0.2, -0.15) is 0 Å². The fourth-order valence-corrected chi connectivity index (χ4v) is 1.51. The van der Waals surface area contributed by atoms with Gasteiger partial charge in [-0.15, -0.1) is 0 Å². The van der Waals surface area contributed by atoms with Crippen molar-refractivity contribution < 1.29 is 4.74 Å². The van der Waals surface area contributed by atoms with Crippen LogP contribution < -0.4 is 0 Å². The van der Waals surface area contributed by atoms with Crippen molar-refractivity contribution in [2.24, 2.45) is 0 Å². The zero-order chi connectivity index (χ0) is 9.45. The molecule has 0 heterocycles. The van der Waals surface area contributed by atoms with E-state index < -0.39 is 0 Å². The lowest BCUT2D eigenvalue weighted by atomic mass is 9.91. The van der Waals surface area contributed by atoms with E-state index >= 15 is 0 Å². The minimum absolute atomic E-state index is 0.125. The maximum Gasteiger partial charge on any atom is 0.0676 e. The molecule has 72 valence electrons. The van der Waals surface area contributed by atoms with E-state index in [1.807, 2.05) is 7.11 Å². The summed E-state index contributed by atoms with van der Waals surface area (Å²) in [5, 5.41) is 0. The first-order valence-electron chi connectivity index (χ1n) is 4.91. The molecule has 0 saturated carbocycles. The van der Waals surface area contributed by atoms with Gasteiger partial charge in [-0.25, -0.2) is 0 Å². The van der Waals surface area contributed by atoms with Gasteiger partial charge in [0.1, 0.15) is 0 Å². The lowest BCUT2D eigenvalue weighted by Gasteiger charge is -2.29. The van der Waals surface area contributed by atoms with Gasteiger partial charge in [-0.1, -0.05) is 26.0 Å². The highest BCUT2D eigenvalue weighted by atomic mass is 16.5. The van der Waals surface area contributed by atoms with Crippen LogP contribution in [0.15, 0.2) is 12.2 Å². The van der Waals surface area contributed by atoms with Gasteiger partial charge in [0.15, 0.2) is 0 Å². The summed E-state index contributed by atoms with van der Waals surface area (Å²) in [5.41, 5.74) is 0.125. The third kappa shape index (κ3) is 3.40. The zero-order valence-corrected chi connectivity index (χ0v) is 8.89. The molecule has 0 radical (unpaired) electrons. The van der Waals surface area contributed by atoms with Crippen molar-refractivity contribution in [1.29, 1.82) is 0 Å². The van der Waals surface area contributed by atoms with E-state index in [4.69, 9.17) is 4.74 Å². The fraction of sp³-hybridized carbons (Fsp3) is 0.818. The lowest BCUT2D eigenvalue weighted by Crippen LogP contribution is -2.29. The largest absolute Gasteiger partial charge is 0.378 e. The summed E-state index contributed by atoms with van der Waals surface area (Å²) >= 11 is 0. The highest BCUT2D eigenvalue weighted by molar-refractivity contribution is 4.84. The average Bonchev–Trinajstić information content (AvgIpc) is 2.14. The molecule has 0 unspecified atom stereocenters. The van der Waals surface area contributed by atoms with Crippen LogP contribution in [-0.2, 0) is 4.74 Å².